The van der Waals surface area contributed by atoms with Crippen molar-refractivity contribution in [2.45, 2.75) is 26.8 Å². The molecule has 0 saturated carbocycles. The topological polar surface area (TPSA) is 66.0 Å². The highest BCUT2D eigenvalue weighted by atomic mass is 35.5. The number of carbonyl (C=O) groups excluding carboxylic acids is 2. The second kappa shape index (κ2) is 10.5. The van der Waals surface area contributed by atoms with E-state index in [0.717, 1.165) is 11.1 Å². The van der Waals surface area contributed by atoms with Crippen LogP contribution >= 0.6 is 23.2 Å². The maximum absolute atomic E-state index is 12.6. The lowest BCUT2D eigenvalue weighted by Gasteiger charge is -2.21. The van der Waals surface area contributed by atoms with Gasteiger partial charge in [0.05, 0.1) is 0 Å². The maximum Gasteiger partial charge on any atom is 0.278 e. The third-order valence-corrected chi connectivity index (χ3v) is 5.16. The number of carbonyl (C=O) groups is 2. The number of benzene rings is 2. The summed E-state index contributed by atoms with van der Waals surface area (Å²) in [6.07, 6.45) is 0. The van der Waals surface area contributed by atoms with Gasteiger partial charge >= 0.3 is 0 Å². The number of rotatable bonds is 8. The van der Waals surface area contributed by atoms with Crippen molar-refractivity contribution in [3.63, 3.8) is 0 Å². The molecule has 0 spiro atoms. The number of halogens is 2. The van der Waals surface area contributed by atoms with Gasteiger partial charge in [0.2, 0.25) is 5.91 Å². The van der Waals surface area contributed by atoms with Crippen LogP contribution in [0, 0.1) is 6.92 Å². The maximum atomic E-state index is 12.6. The third-order valence-electron chi connectivity index (χ3n) is 4.58. The molecule has 3 N–H and O–H groups in total. The van der Waals surface area contributed by atoms with Gasteiger partial charge in [-0.25, -0.2) is 0 Å². The second-order valence-electron chi connectivity index (χ2n) is 6.67. The minimum absolute atomic E-state index is 0.00436. The van der Waals surface area contributed by atoms with Gasteiger partial charge in [0.1, 0.15) is 12.6 Å². The predicted molar refractivity (Wildman–Crippen MR) is 114 cm³/mol. The number of hydrogen-bond donors (Lipinski definition) is 2. The minimum Gasteiger partial charge on any atom is -0.332 e. The molecule has 28 heavy (non-hydrogen) atoms. The molecule has 0 aromatic heterocycles. The molecule has 0 saturated heterocycles. The zero-order chi connectivity index (χ0) is 20.7. The van der Waals surface area contributed by atoms with Crippen molar-refractivity contribution in [3.8, 4) is 0 Å². The Morgan fingerprint density at radius 2 is 1.89 bits per heavy atom. The number of nitrogens with zero attached hydrogens (tertiary/aromatic N) is 1. The average molecular weight is 423 g/mol. The van der Waals surface area contributed by atoms with Crippen LogP contribution in [-0.2, 0) is 9.59 Å². The molecule has 0 bridgehead atoms. The average Bonchev–Trinajstić information content (AvgIpc) is 2.67. The first-order valence-corrected chi connectivity index (χ1v) is 9.99. The Labute approximate surface area is 176 Å². The van der Waals surface area contributed by atoms with E-state index in [1.807, 2.05) is 56.4 Å². The van der Waals surface area contributed by atoms with E-state index in [0.29, 0.717) is 22.3 Å². The lowest BCUT2D eigenvalue weighted by molar-refractivity contribution is -0.683. The summed E-state index contributed by atoms with van der Waals surface area (Å²) in [4.78, 5) is 26.5. The fraction of sp³-hybridized carbons (Fsp3) is 0.333. The predicted octanol–water partition coefficient (Wildman–Crippen LogP) is 3.41. The molecule has 0 aliphatic carbocycles. The van der Waals surface area contributed by atoms with Crippen LogP contribution in [-0.4, -0.2) is 36.3 Å². The fourth-order valence-corrected chi connectivity index (χ4v) is 3.33. The van der Waals surface area contributed by atoms with Crippen molar-refractivity contribution < 1.29 is 14.9 Å². The van der Waals surface area contributed by atoms with Crippen LogP contribution in [0.15, 0.2) is 42.5 Å². The number of likely N-dealkylation sites (N-methyl/N-ethyl adjacent to an activating group) is 1. The first-order chi connectivity index (χ1) is 13.3. The zero-order valence-electron chi connectivity index (χ0n) is 16.3. The Hall–Kier alpha value is -2.08. The summed E-state index contributed by atoms with van der Waals surface area (Å²) < 4.78 is 0. The van der Waals surface area contributed by atoms with Gasteiger partial charge in [-0.3, -0.25) is 9.59 Å². The van der Waals surface area contributed by atoms with E-state index in [1.54, 1.807) is 12.1 Å². The highest BCUT2D eigenvalue weighted by Crippen LogP contribution is 2.20. The van der Waals surface area contributed by atoms with Gasteiger partial charge in [-0.15, -0.1) is 0 Å². The van der Waals surface area contributed by atoms with Crippen molar-refractivity contribution in [3.05, 3.63) is 63.6 Å². The monoisotopic (exact) mass is 422 g/mol. The molecule has 7 heteroatoms. The summed E-state index contributed by atoms with van der Waals surface area (Å²) >= 11 is 12.2. The molecule has 2 aromatic rings. The molecule has 0 aliphatic rings. The third kappa shape index (κ3) is 6.23. The summed E-state index contributed by atoms with van der Waals surface area (Å²) in [6.45, 7) is 6.43. The first kappa shape index (κ1) is 22.2. The lowest BCUT2D eigenvalue weighted by Crippen LogP contribution is -2.87. The highest BCUT2D eigenvalue weighted by molar-refractivity contribution is 6.31. The number of quaternary nitrogens is 1. The Kier molecular flexibility index (Phi) is 8.30. The van der Waals surface area contributed by atoms with Crippen molar-refractivity contribution >= 4 is 40.7 Å². The molecule has 2 aromatic carbocycles. The van der Waals surface area contributed by atoms with Gasteiger partial charge in [0.15, 0.2) is 6.54 Å². The Bertz CT molecular complexity index is 842. The number of nitrogens with two attached hydrogens (primary N) is 1. The van der Waals surface area contributed by atoms with Crippen LogP contribution in [0.1, 0.15) is 31.0 Å². The fourth-order valence-electron chi connectivity index (χ4n) is 2.85. The van der Waals surface area contributed by atoms with Crippen molar-refractivity contribution in [1.29, 1.82) is 0 Å². The molecule has 2 amide bonds. The number of amides is 2. The Morgan fingerprint density at radius 1 is 1.18 bits per heavy atom. The molecule has 1 atom stereocenters. The van der Waals surface area contributed by atoms with Crippen LogP contribution < -0.4 is 10.6 Å². The van der Waals surface area contributed by atoms with Crippen molar-refractivity contribution in [2.75, 3.05) is 25.0 Å². The molecule has 0 heterocycles. The van der Waals surface area contributed by atoms with E-state index < -0.39 is 0 Å². The quantitative estimate of drug-likeness (QED) is 0.684. The van der Waals surface area contributed by atoms with Gasteiger partial charge in [0, 0.05) is 27.8 Å². The van der Waals surface area contributed by atoms with Crippen LogP contribution in [0.4, 0.5) is 5.69 Å². The van der Waals surface area contributed by atoms with Crippen LogP contribution in [0.5, 0.6) is 0 Å². The van der Waals surface area contributed by atoms with Crippen LogP contribution in [0.2, 0.25) is 10.0 Å². The van der Waals surface area contributed by atoms with Crippen molar-refractivity contribution in [2.24, 2.45) is 0 Å². The minimum atomic E-state index is -0.250. The standard InChI is InChI=1S/C21H25Cl2N3O2/c1-4-26(13-20(27)25-19-11-16(22)10-9-14(19)2)21(28)12-24-15(3)17-7-5-6-8-18(17)23/h5-11,15,24H,4,12-13H2,1-3H3,(H,25,27)/p+1/t15-/m1/s1. The molecule has 150 valence electrons. The van der Waals surface area contributed by atoms with Crippen LogP contribution in [0.25, 0.3) is 0 Å². The lowest BCUT2D eigenvalue weighted by atomic mass is 10.1. The van der Waals surface area contributed by atoms with Crippen molar-refractivity contribution in [1.82, 2.24) is 4.90 Å². The normalized spacial score (nSPS) is 11.8. The van der Waals surface area contributed by atoms with E-state index in [1.165, 1.54) is 4.90 Å². The molecule has 5 nitrogen and oxygen atoms in total. The number of anilines is 1. The summed E-state index contributed by atoms with van der Waals surface area (Å²) in [6, 6.07) is 12.9. The summed E-state index contributed by atoms with van der Waals surface area (Å²) in [5.74, 6) is -0.348. The molecule has 0 unspecified atom stereocenters. The van der Waals surface area contributed by atoms with E-state index >= 15 is 0 Å². The largest absolute Gasteiger partial charge is 0.332 e. The Balaban J connectivity index is 1.91. The van der Waals surface area contributed by atoms with E-state index in [-0.39, 0.29) is 30.9 Å². The van der Waals surface area contributed by atoms with Gasteiger partial charge in [0.25, 0.3) is 5.91 Å². The molecule has 0 fully saturated rings. The molecule has 2 rings (SSSR count). The van der Waals surface area contributed by atoms with Gasteiger partial charge in [-0.1, -0.05) is 47.5 Å². The highest BCUT2D eigenvalue weighted by Gasteiger charge is 2.20. The zero-order valence-corrected chi connectivity index (χ0v) is 17.8. The molecule has 0 radical (unpaired) electrons. The second-order valence-corrected chi connectivity index (χ2v) is 7.51. The van der Waals surface area contributed by atoms with E-state index in [4.69, 9.17) is 23.2 Å². The van der Waals surface area contributed by atoms with Gasteiger partial charge in [-0.2, -0.15) is 0 Å². The summed E-state index contributed by atoms with van der Waals surface area (Å²) in [5, 5.41) is 5.98. The summed E-state index contributed by atoms with van der Waals surface area (Å²) in [7, 11) is 0. The first-order valence-electron chi connectivity index (χ1n) is 9.23. The van der Waals surface area contributed by atoms with Gasteiger partial charge in [-0.05, 0) is 44.5 Å². The number of aryl methyl sites for hydroxylation is 1. The van der Waals surface area contributed by atoms with E-state index in [9.17, 15) is 9.59 Å². The molecular weight excluding hydrogens is 397 g/mol. The summed E-state index contributed by atoms with van der Waals surface area (Å²) in [5.41, 5.74) is 2.54. The molecular formula is C21H26Cl2N3O2+. The van der Waals surface area contributed by atoms with E-state index in [2.05, 4.69) is 5.32 Å². The SMILES string of the molecule is CCN(CC(=O)Nc1cc(Cl)ccc1C)C(=O)C[NH2+][C@H](C)c1ccccc1Cl. The van der Waals surface area contributed by atoms with Crippen LogP contribution in [0.3, 0.4) is 0 Å². The van der Waals surface area contributed by atoms with Gasteiger partial charge < -0.3 is 15.5 Å². The number of hydrogen-bond acceptors (Lipinski definition) is 2. The smallest absolute Gasteiger partial charge is 0.278 e. The number of nitrogens with one attached hydrogen (secondary N) is 1. The Morgan fingerprint density at radius 3 is 2.57 bits per heavy atom. The molecule has 0 aliphatic heterocycles.